The van der Waals surface area contributed by atoms with Crippen LogP contribution in [0.25, 0.3) is 0 Å². The van der Waals surface area contributed by atoms with E-state index in [4.69, 9.17) is 4.74 Å². The van der Waals surface area contributed by atoms with E-state index in [1.807, 2.05) is 5.38 Å². The number of fused-ring (bicyclic) bond motifs is 2. The summed E-state index contributed by atoms with van der Waals surface area (Å²) in [6.07, 6.45) is 1.94. The molecule has 0 bridgehead atoms. The van der Waals surface area contributed by atoms with E-state index in [-0.39, 0.29) is 11.4 Å². The molecule has 1 aliphatic carbocycles. The third kappa shape index (κ3) is 1.09. The summed E-state index contributed by atoms with van der Waals surface area (Å²) in [4.78, 5) is 1.44. The highest BCUT2D eigenvalue weighted by Crippen LogP contribution is 2.54. The number of sulfone groups is 1. The normalized spacial score (nSPS) is 26.9. The van der Waals surface area contributed by atoms with Crippen LogP contribution in [0.4, 0.5) is 0 Å². The second kappa shape index (κ2) is 2.59. The Balaban J connectivity index is 2.24. The third-order valence-electron chi connectivity index (χ3n) is 2.81. The highest BCUT2D eigenvalue weighted by molar-refractivity contribution is 7.91. The van der Waals surface area contributed by atoms with Gasteiger partial charge in [-0.05, 0) is 24.3 Å². The summed E-state index contributed by atoms with van der Waals surface area (Å²) in [7, 11) is -3.08. The summed E-state index contributed by atoms with van der Waals surface area (Å²) >= 11 is 1.51. The second-order valence-corrected chi connectivity index (χ2v) is 6.77. The molecule has 0 N–H and O–H groups in total. The molecule has 0 saturated heterocycles. The van der Waals surface area contributed by atoms with Gasteiger partial charge < -0.3 is 4.74 Å². The van der Waals surface area contributed by atoms with Crippen molar-refractivity contribution in [2.45, 2.75) is 23.3 Å². The van der Waals surface area contributed by atoms with Gasteiger partial charge in [0.15, 0.2) is 9.84 Å². The van der Waals surface area contributed by atoms with Crippen molar-refractivity contribution in [2.75, 3.05) is 12.4 Å². The molecule has 0 unspecified atom stereocenters. The van der Waals surface area contributed by atoms with E-state index in [1.165, 1.54) is 11.3 Å². The Bertz CT molecular complexity index is 468. The van der Waals surface area contributed by atoms with Crippen LogP contribution in [-0.2, 0) is 20.2 Å². The summed E-state index contributed by atoms with van der Waals surface area (Å²) < 4.78 is 29.2. The van der Waals surface area contributed by atoms with Crippen LogP contribution in [0.15, 0.2) is 16.3 Å². The van der Waals surface area contributed by atoms with Crippen LogP contribution < -0.4 is 0 Å². The molecule has 1 saturated carbocycles. The van der Waals surface area contributed by atoms with Crippen LogP contribution in [0.3, 0.4) is 0 Å². The van der Waals surface area contributed by atoms with Gasteiger partial charge in [0, 0.05) is 0 Å². The first-order chi connectivity index (χ1) is 6.64. The number of ether oxygens (including phenoxy) is 1. The molecular weight excluding hydrogens is 220 g/mol. The molecule has 76 valence electrons. The largest absolute Gasteiger partial charge is 0.368 e. The zero-order chi connectivity index (χ0) is 9.81. The average Bonchev–Trinajstić information content (AvgIpc) is 2.77. The molecule has 2 aliphatic rings. The molecule has 1 spiro atoms. The fourth-order valence-electron chi connectivity index (χ4n) is 1.88. The van der Waals surface area contributed by atoms with E-state index < -0.39 is 9.84 Å². The summed E-state index contributed by atoms with van der Waals surface area (Å²) in [5.74, 6) is 0.123. The Hall–Kier alpha value is -0.390. The summed E-state index contributed by atoms with van der Waals surface area (Å²) in [5, 5.41) is 1.84. The van der Waals surface area contributed by atoms with E-state index in [2.05, 4.69) is 0 Å². The van der Waals surface area contributed by atoms with E-state index in [9.17, 15) is 8.42 Å². The third-order valence-corrected chi connectivity index (χ3v) is 5.76. The minimum absolute atomic E-state index is 0.123. The molecule has 0 radical (unpaired) electrons. The van der Waals surface area contributed by atoms with Crippen molar-refractivity contribution < 1.29 is 13.2 Å². The molecule has 14 heavy (non-hydrogen) atoms. The minimum atomic E-state index is -3.08. The molecule has 3 rings (SSSR count). The predicted molar refractivity (Wildman–Crippen MR) is 53.2 cm³/mol. The molecule has 0 atom stereocenters. The van der Waals surface area contributed by atoms with Crippen molar-refractivity contribution in [1.29, 1.82) is 0 Å². The topological polar surface area (TPSA) is 43.4 Å². The molecule has 5 heteroatoms. The lowest BCUT2D eigenvalue weighted by atomic mass is 10.3. The zero-order valence-corrected chi connectivity index (χ0v) is 9.16. The number of rotatable bonds is 0. The van der Waals surface area contributed by atoms with E-state index in [0.717, 1.165) is 17.7 Å². The first-order valence-corrected chi connectivity index (χ1v) is 7.12. The van der Waals surface area contributed by atoms with Crippen molar-refractivity contribution in [1.82, 2.24) is 0 Å². The van der Waals surface area contributed by atoms with Gasteiger partial charge in [-0.25, -0.2) is 8.42 Å². The molecular formula is C9H10O3S2. The fourth-order valence-corrected chi connectivity index (χ4v) is 4.76. The fraction of sp³-hybridized carbons (Fsp3) is 0.556. The average molecular weight is 230 g/mol. The summed E-state index contributed by atoms with van der Waals surface area (Å²) in [6.45, 7) is 0.337. The molecule has 1 aliphatic heterocycles. The smallest absolute Gasteiger partial charge is 0.181 e. The van der Waals surface area contributed by atoms with Crippen molar-refractivity contribution in [3.8, 4) is 0 Å². The van der Waals surface area contributed by atoms with Gasteiger partial charge in [-0.15, -0.1) is 11.3 Å². The first-order valence-electron chi connectivity index (χ1n) is 4.59. The summed E-state index contributed by atoms with van der Waals surface area (Å²) in [5.41, 5.74) is -0.229. The van der Waals surface area contributed by atoms with Crippen molar-refractivity contribution >= 4 is 21.2 Å². The van der Waals surface area contributed by atoms with Crippen molar-refractivity contribution in [2.24, 2.45) is 0 Å². The molecule has 1 aromatic rings. The molecule has 3 nitrogen and oxygen atoms in total. The van der Waals surface area contributed by atoms with Gasteiger partial charge in [0.1, 0.15) is 5.60 Å². The monoisotopic (exact) mass is 230 g/mol. The number of thiophene rings is 1. The van der Waals surface area contributed by atoms with Gasteiger partial charge in [0.25, 0.3) is 0 Å². The highest BCUT2D eigenvalue weighted by Gasteiger charge is 2.51. The number of hydrogen-bond donors (Lipinski definition) is 0. The van der Waals surface area contributed by atoms with Gasteiger partial charge in [0.2, 0.25) is 0 Å². The maximum Gasteiger partial charge on any atom is 0.181 e. The van der Waals surface area contributed by atoms with Crippen LogP contribution in [0.2, 0.25) is 0 Å². The van der Waals surface area contributed by atoms with Crippen LogP contribution >= 0.6 is 11.3 Å². The lowest BCUT2D eigenvalue weighted by Crippen LogP contribution is -2.10. The van der Waals surface area contributed by atoms with Crippen molar-refractivity contribution in [3.05, 3.63) is 16.3 Å². The van der Waals surface area contributed by atoms with Gasteiger partial charge in [-0.3, -0.25) is 0 Å². The van der Waals surface area contributed by atoms with E-state index in [0.29, 0.717) is 11.5 Å². The Kier molecular flexibility index (Phi) is 1.64. The van der Waals surface area contributed by atoms with Crippen LogP contribution in [0, 0.1) is 0 Å². The van der Waals surface area contributed by atoms with Gasteiger partial charge in [-0.2, -0.15) is 0 Å². The Morgan fingerprint density at radius 2 is 2.21 bits per heavy atom. The molecule has 0 amide bonds. The molecule has 2 heterocycles. The molecule has 0 aromatic carbocycles. The lowest BCUT2D eigenvalue weighted by Gasteiger charge is -2.11. The van der Waals surface area contributed by atoms with E-state index in [1.54, 1.807) is 6.07 Å². The maximum absolute atomic E-state index is 11.8. The van der Waals surface area contributed by atoms with Gasteiger partial charge >= 0.3 is 0 Å². The van der Waals surface area contributed by atoms with E-state index >= 15 is 0 Å². The SMILES string of the molecule is O=S1(=O)CCOC2(CC2)c2sccc21. The Morgan fingerprint density at radius 1 is 1.43 bits per heavy atom. The maximum atomic E-state index is 11.8. The van der Waals surface area contributed by atoms with Gasteiger partial charge in [-0.1, -0.05) is 0 Å². The van der Waals surface area contributed by atoms with Crippen LogP contribution in [0.5, 0.6) is 0 Å². The highest BCUT2D eigenvalue weighted by atomic mass is 32.2. The minimum Gasteiger partial charge on any atom is -0.368 e. The zero-order valence-electron chi connectivity index (χ0n) is 7.52. The van der Waals surface area contributed by atoms with Crippen LogP contribution in [0.1, 0.15) is 17.7 Å². The standard InChI is InChI=1S/C9H10O3S2/c10-14(11)6-4-12-9(2-3-9)8-7(14)1-5-13-8/h1,5H,2-4,6H2. The lowest BCUT2D eigenvalue weighted by molar-refractivity contribution is 0.0441. The summed E-state index contributed by atoms with van der Waals surface area (Å²) in [6, 6.07) is 1.71. The quantitative estimate of drug-likeness (QED) is 0.679. The second-order valence-electron chi connectivity index (χ2n) is 3.78. The van der Waals surface area contributed by atoms with Gasteiger partial charge in [0.05, 0.1) is 22.1 Å². The van der Waals surface area contributed by atoms with Crippen LogP contribution in [-0.4, -0.2) is 20.8 Å². The Morgan fingerprint density at radius 3 is 2.93 bits per heavy atom. The first kappa shape index (κ1) is 8.88. The van der Waals surface area contributed by atoms with Crippen molar-refractivity contribution in [3.63, 3.8) is 0 Å². The molecule has 1 aromatic heterocycles. The number of hydrogen-bond acceptors (Lipinski definition) is 4. The molecule has 1 fully saturated rings. The Labute approximate surface area is 86.6 Å². The predicted octanol–water partition coefficient (Wildman–Crippen LogP) is 1.54.